The summed E-state index contributed by atoms with van der Waals surface area (Å²) in [4.78, 5) is 20.6. The van der Waals surface area contributed by atoms with Gasteiger partial charge < -0.3 is 10.6 Å². The minimum atomic E-state index is -0.240. The number of rotatable bonds is 5. The van der Waals surface area contributed by atoms with Crippen molar-refractivity contribution in [2.24, 2.45) is 0 Å². The van der Waals surface area contributed by atoms with Crippen LogP contribution in [0, 0.1) is 13.8 Å². The molecule has 0 unspecified atom stereocenters. The minimum absolute atomic E-state index is 0.240. The topological polar surface area (TPSA) is 66.9 Å². The lowest BCUT2D eigenvalue weighted by Gasteiger charge is -2.07. The van der Waals surface area contributed by atoms with Crippen LogP contribution in [0.1, 0.15) is 27.2 Å². The van der Waals surface area contributed by atoms with Crippen molar-refractivity contribution in [3.8, 4) is 0 Å². The van der Waals surface area contributed by atoms with Crippen molar-refractivity contribution < 1.29 is 4.79 Å². The molecule has 3 aromatic rings. The second-order valence-electron chi connectivity index (χ2n) is 5.95. The monoisotopic (exact) mass is 332 g/mol. The number of benzene rings is 2. The smallest absolute Gasteiger partial charge is 0.271 e. The average Bonchev–Trinajstić information content (AvgIpc) is 2.62. The van der Waals surface area contributed by atoms with Gasteiger partial charge in [-0.15, -0.1) is 0 Å². The maximum Gasteiger partial charge on any atom is 0.271 e. The molecule has 0 bridgehead atoms. The van der Waals surface area contributed by atoms with Gasteiger partial charge in [-0.2, -0.15) is 0 Å². The molecule has 0 aliphatic carbocycles. The lowest BCUT2D eigenvalue weighted by Crippen LogP contribution is -2.24. The number of nitrogens with zero attached hydrogens (tertiary/aromatic N) is 2. The van der Waals surface area contributed by atoms with E-state index in [-0.39, 0.29) is 5.91 Å². The molecule has 0 saturated carbocycles. The van der Waals surface area contributed by atoms with Crippen LogP contribution in [0.5, 0.6) is 0 Å². The molecule has 5 heteroatoms. The molecular weight excluding hydrogens is 312 g/mol. The van der Waals surface area contributed by atoms with Gasteiger partial charge in [0.2, 0.25) is 0 Å². The molecular formula is C20H20N4O. The number of carbonyl (C=O) groups excluding carboxylic acids is 1. The van der Waals surface area contributed by atoms with Crippen molar-refractivity contribution in [3.63, 3.8) is 0 Å². The van der Waals surface area contributed by atoms with Gasteiger partial charge in [-0.25, -0.2) is 9.97 Å². The largest absolute Gasteiger partial charge is 0.347 e. The van der Waals surface area contributed by atoms with Crippen LogP contribution in [-0.2, 0) is 6.54 Å². The molecule has 1 heterocycles. The fraction of sp³-hybridized carbons (Fsp3) is 0.150. The van der Waals surface area contributed by atoms with Crippen LogP contribution in [-0.4, -0.2) is 15.9 Å². The van der Waals surface area contributed by atoms with Crippen LogP contribution < -0.4 is 10.6 Å². The Balaban J connectivity index is 1.59. The predicted octanol–water partition coefficient (Wildman–Crippen LogP) is 3.77. The summed E-state index contributed by atoms with van der Waals surface area (Å²) in [5.74, 6) is 0.356. The summed E-state index contributed by atoms with van der Waals surface area (Å²) in [5.41, 5.74) is 4.63. The molecule has 3 rings (SSSR count). The molecule has 25 heavy (non-hydrogen) atoms. The molecule has 5 nitrogen and oxygen atoms in total. The summed E-state index contributed by atoms with van der Waals surface area (Å²) in [7, 11) is 0. The first-order chi connectivity index (χ1) is 12.1. The Kier molecular flexibility index (Phi) is 5.04. The van der Waals surface area contributed by atoms with Crippen molar-refractivity contribution in [1.82, 2.24) is 15.3 Å². The van der Waals surface area contributed by atoms with Crippen LogP contribution in [0.25, 0.3) is 0 Å². The number of carbonyl (C=O) groups is 1. The lowest BCUT2D eigenvalue weighted by atomic mass is 10.1. The average molecular weight is 332 g/mol. The van der Waals surface area contributed by atoms with E-state index in [1.807, 2.05) is 62.4 Å². The maximum atomic E-state index is 12.2. The maximum absolute atomic E-state index is 12.2. The van der Waals surface area contributed by atoms with Gasteiger partial charge in [0, 0.05) is 12.2 Å². The van der Waals surface area contributed by atoms with Gasteiger partial charge in [-0.1, -0.05) is 47.5 Å². The Bertz CT molecular complexity index is 858. The summed E-state index contributed by atoms with van der Waals surface area (Å²) in [5, 5.41) is 6.01. The Labute approximate surface area is 147 Å². The molecule has 1 aromatic heterocycles. The SMILES string of the molecule is Cc1ccc(Nc2cnc(C(=O)NCc3cccc(C)c3)cn2)cc1. The number of aryl methyl sites for hydroxylation is 2. The second kappa shape index (κ2) is 7.57. The number of hydrogen-bond acceptors (Lipinski definition) is 4. The molecule has 0 spiro atoms. The molecule has 0 radical (unpaired) electrons. The zero-order valence-electron chi connectivity index (χ0n) is 14.3. The Morgan fingerprint density at radius 1 is 0.960 bits per heavy atom. The van der Waals surface area contributed by atoms with Crippen LogP contribution in [0.15, 0.2) is 60.9 Å². The van der Waals surface area contributed by atoms with Gasteiger partial charge in [0.15, 0.2) is 0 Å². The number of hydrogen-bond donors (Lipinski definition) is 2. The fourth-order valence-electron chi connectivity index (χ4n) is 2.39. The summed E-state index contributed by atoms with van der Waals surface area (Å²) in [6.07, 6.45) is 3.03. The zero-order valence-corrected chi connectivity index (χ0v) is 14.3. The third kappa shape index (κ3) is 4.64. The minimum Gasteiger partial charge on any atom is -0.347 e. The molecule has 2 N–H and O–H groups in total. The van der Waals surface area contributed by atoms with Gasteiger partial charge in [0.1, 0.15) is 11.5 Å². The number of aromatic nitrogens is 2. The summed E-state index contributed by atoms with van der Waals surface area (Å²) in [6, 6.07) is 16.0. The van der Waals surface area contributed by atoms with Crippen LogP contribution in [0.3, 0.4) is 0 Å². The highest BCUT2D eigenvalue weighted by atomic mass is 16.1. The number of nitrogens with one attached hydrogen (secondary N) is 2. The Hall–Kier alpha value is -3.21. The molecule has 0 aliphatic heterocycles. The highest BCUT2D eigenvalue weighted by Crippen LogP contribution is 2.14. The Morgan fingerprint density at radius 3 is 2.44 bits per heavy atom. The van der Waals surface area contributed by atoms with Crippen molar-refractivity contribution in [3.05, 3.63) is 83.3 Å². The number of amides is 1. The van der Waals surface area contributed by atoms with Crippen molar-refractivity contribution in [2.45, 2.75) is 20.4 Å². The van der Waals surface area contributed by atoms with Gasteiger partial charge in [-0.05, 0) is 31.5 Å². The van der Waals surface area contributed by atoms with E-state index in [2.05, 4.69) is 20.6 Å². The third-order valence-electron chi connectivity index (χ3n) is 3.74. The van der Waals surface area contributed by atoms with Crippen molar-refractivity contribution >= 4 is 17.4 Å². The van der Waals surface area contributed by atoms with Gasteiger partial charge >= 0.3 is 0 Å². The first-order valence-electron chi connectivity index (χ1n) is 8.09. The van der Waals surface area contributed by atoms with E-state index in [9.17, 15) is 4.79 Å². The van der Waals surface area contributed by atoms with E-state index in [0.29, 0.717) is 18.1 Å². The van der Waals surface area contributed by atoms with E-state index in [1.165, 1.54) is 11.8 Å². The van der Waals surface area contributed by atoms with E-state index in [0.717, 1.165) is 16.8 Å². The molecule has 1 amide bonds. The van der Waals surface area contributed by atoms with E-state index >= 15 is 0 Å². The zero-order chi connectivity index (χ0) is 17.6. The molecule has 0 atom stereocenters. The van der Waals surface area contributed by atoms with Crippen molar-refractivity contribution in [1.29, 1.82) is 0 Å². The van der Waals surface area contributed by atoms with E-state index in [1.54, 1.807) is 6.20 Å². The molecule has 0 aliphatic rings. The first-order valence-corrected chi connectivity index (χ1v) is 8.09. The Morgan fingerprint density at radius 2 is 1.76 bits per heavy atom. The van der Waals surface area contributed by atoms with Crippen molar-refractivity contribution in [2.75, 3.05) is 5.32 Å². The fourth-order valence-corrected chi connectivity index (χ4v) is 2.39. The highest BCUT2D eigenvalue weighted by molar-refractivity contribution is 5.92. The van der Waals surface area contributed by atoms with Crippen LogP contribution >= 0.6 is 0 Å². The van der Waals surface area contributed by atoms with E-state index < -0.39 is 0 Å². The third-order valence-corrected chi connectivity index (χ3v) is 3.74. The molecule has 2 aromatic carbocycles. The van der Waals surface area contributed by atoms with Gasteiger partial charge in [0.25, 0.3) is 5.91 Å². The quantitative estimate of drug-likeness (QED) is 0.746. The highest BCUT2D eigenvalue weighted by Gasteiger charge is 2.08. The molecule has 126 valence electrons. The molecule has 0 saturated heterocycles. The molecule has 0 fully saturated rings. The van der Waals surface area contributed by atoms with Gasteiger partial charge in [0.05, 0.1) is 12.4 Å². The normalized spacial score (nSPS) is 10.3. The van der Waals surface area contributed by atoms with Crippen LogP contribution in [0.2, 0.25) is 0 Å². The standard InChI is InChI=1S/C20H20N4O/c1-14-6-8-17(9-7-14)24-19-13-21-18(12-22-19)20(25)23-11-16-5-3-4-15(2)10-16/h3-10,12-13H,11H2,1-2H3,(H,22,24)(H,23,25). The van der Waals surface area contributed by atoms with E-state index in [4.69, 9.17) is 0 Å². The summed E-state index contributed by atoms with van der Waals surface area (Å²) >= 11 is 0. The second-order valence-corrected chi connectivity index (χ2v) is 5.95. The summed E-state index contributed by atoms with van der Waals surface area (Å²) < 4.78 is 0. The lowest BCUT2D eigenvalue weighted by molar-refractivity contribution is 0.0945. The number of anilines is 2. The van der Waals surface area contributed by atoms with Gasteiger partial charge in [-0.3, -0.25) is 4.79 Å². The predicted molar refractivity (Wildman–Crippen MR) is 98.8 cm³/mol. The summed E-state index contributed by atoms with van der Waals surface area (Å²) in [6.45, 7) is 4.52. The first kappa shape index (κ1) is 16.6. The van der Waals surface area contributed by atoms with Crippen LogP contribution in [0.4, 0.5) is 11.5 Å².